The maximum atomic E-state index is 11.2. The van der Waals surface area contributed by atoms with E-state index in [0.717, 1.165) is 0 Å². The van der Waals surface area contributed by atoms with Crippen LogP contribution in [-0.4, -0.2) is 14.3 Å². The van der Waals surface area contributed by atoms with Crippen molar-refractivity contribution in [1.82, 2.24) is 14.3 Å². The lowest BCUT2D eigenvalue weighted by atomic mass is 10.3. The maximum absolute atomic E-state index is 11.2. The van der Waals surface area contributed by atoms with E-state index in [4.69, 9.17) is 0 Å². The maximum Gasteiger partial charge on any atom is 0.345 e. The highest BCUT2D eigenvalue weighted by Crippen LogP contribution is 1.88. The summed E-state index contributed by atoms with van der Waals surface area (Å²) in [5.74, 6) is 0. The summed E-state index contributed by atoms with van der Waals surface area (Å²) < 4.78 is 2.88. The zero-order chi connectivity index (χ0) is 9.14. The first kappa shape index (κ1) is 8.77. The van der Waals surface area contributed by atoms with E-state index in [2.05, 4.69) is 5.10 Å². The lowest BCUT2D eigenvalue weighted by Gasteiger charge is -1.92. The van der Waals surface area contributed by atoms with Crippen LogP contribution < -0.4 is 5.69 Å². The Kier molecular flexibility index (Phi) is 2.47. The van der Waals surface area contributed by atoms with E-state index in [1.807, 2.05) is 19.9 Å². The van der Waals surface area contributed by atoms with Gasteiger partial charge in [0, 0.05) is 7.05 Å². The van der Waals surface area contributed by atoms with E-state index in [1.54, 1.807) is 7.05 Å². The van der Waals surface area contributed by atoms with Crippen molar-refractivity contribution >= 4 is 0 Å². The largest absolute Gasteiger partial charge is 0.345 e. The number of nitrogens with zero attached hydrogens (tertiary/aromatic N) is 3. The molecule has 1 heterocycles. The SMILES string of the molecule is CC(C)=CCn1ncn(C)c1=O. The molecule has 0 amide bonds. The van der Waals surface area contributed by atoms with Gasteiger partial charge < -0.3 is 0 Å². The molecule has 0 spiro atoms. The Balaban J connectivity index is 2.84. The van der Waals surface area contributed by atoms with Crippen molar-refractivity contribution in [1.29, 1.82) is 0 Å². The van der Waals surface area contributed by atoms with Crippen LogP contribution >= 0.6 is 0 Å². The second kappa shape index (κ2) is 3.38. The standard InChI is InChI=1S/C8H13N3O/c1-7(2)4-5-11-8(12)10(3)6-9-11/h4,6H,5H2,1-3H3. The zero-order valence-electron chi connectivity index (χ0n) is 7.61. The third kappa shape index (κ3) is 1.84. The second-order valence-electron chi connectivity index (χ2n) is 2.99. The van der Waals surface area contributed by atoms with Gasteiger partial charge in [0.1, 0.15) is 6.33 Å². The number of aromatic nitrogens is 3. The summed E-state index contributed by atoms with van der Waals surface area (Å²) in [6.45, 7) is 4.55. The molecule has 0 aliphatic carbocycles. The quantitative estimate of drug-likeness (QED) is 0.603. The molecule has 0 saturated carbocycles. The van der Waals surface area contributed by atoms with Crippen molar-refractivity contribution in [3.8, 4) is 0 Å². The molecule has 0 saturated heterocycles. The average molecular weight is 167 g/mol. The number of hydrogen-bond donors (Lipinski definition) is 0. The molecule has 4 heteroatoms. The van der Waals surface area contributed by atoms with Crippen molar-refractivity contribution in [3.05, 3.63) is 28.5 Å². The van der Waals surface area contributed by atoms with Gasteiger partial charge in [-0.3, -0.25) is 4.57 Å². The zero-order valence-corrected chi connectivity index (χ0v) is 7.61. The van der Waals surface area contributed by atoms with Crippen molar-refractivity contribution < 1.29 is 0 Å². The Labute approximate surface area is 71.1 Å². The molecule has 0 unspecified atom stereocenters. The Hall–Kier alpha value is -1.32. The molecule has 0 aliphatic heterocycles. The van der Waals surface area contributed by atoms with Gasteiger partial charge in [0.15, 0.2) is 0 Å². The molecule has 0 aliphatic rings. The molecule has 66 valence electrons. The fraction of sp³-hybridized carbons (Fsp3) is 0.500. The highest BCUT2D eigenvalue weighted by Gasteiger charge is 1.97. The van der Waals surface area contributed by atoms with Crippen LogP contribution in [0.5, 0.6) is 0 Å². The van der Waals surface area contributed by atoms with Crippen LogP contribution in [0.4, 0.5) is 0 Å². The Bertz CT molecular complexity index is 341. The van der Waals surface area contributed by atoms with Gasteiger partial charge in [0.05, 0.1) is 6.54 Å². The van der Waals surface area contributed by atoms with Crippen LogP contribution in [0.15, 0.2) is 22.8 Å². The molecule has 1 aromatic heterocycles. The van der Waals surface area contributed by atoms with Gasteiger partial charge in [0.25, 0.3) is 0 Å². The van der Waals surface area contributed by atoms with E-state index in [-0.39, 0.29) is 5.69 Å². The summed E-state index contributed by atoms with van der Waals surface area (Å²) >= 11 is 0. The van der Waals surface area contributed by atoms with E-state index in [0.29, 0.717) is 6.54 Å². The van der Waals surface area contributed by atoms with Gasteiger partial charge >= 0.3 is 5.69 Å². The van der Waals surface area contributed by atoms with Crippen molar-refractivity contribution in [3.63, 3.8) is 0 Å². The molecular weight excluding hydrogens is 154 g/mol. The molecule has 0 N–H and O–H groups in total. The highest BCUT2D eigenvalue weighted by atomic mass is 16.2. The molecule has 4 nitrogen and oxygen atoms in total. The van der Waals surface area contributed by atoms with Crippen LogP contribution in [0, 0.1) is 0 Å². The van der Waals surface area contributed by atoms with Crippen molar-refractivity contribution in [2.45, 2.75) is 20.4 Å². The molecule has 0 bridgehead atoms. The summed E-state index contributed by atoms with van der Waals surface area (Å²) in [5.41, 5.74) is 1.11. The van der Waals surface area contributed by atoms with Crippen molar-refractivity contribution in [2.75, 3.05) is 0 Å². The summed E-state index contributed by atoms with van der Waals surface area (Å²) in [7, 11) is 1.69. The van der Waals surface area contributed by atoms with Crippen LogP contribution in [-0.2, 0) is 13.6 Å². The predicted octanol–water partition coefficient (Wildman–Crippen LogP) is 0.548. The monoisotopic (exact) mass is 167 g/mol. The Morgan fingerprint density at radius 3 is 2.75 bits per heavy atom. The molecule has 1 aromatic rings. The van der Waals surface area contributed by atoms with Crippen LogP contribution in [0.1, 0.15) is 13.8 Å². The summed E-state index contributed by atoms with van der Waals surface area (Å²) in [6.07, 6.45) is 3.48. The molecular formula is C8H13N3O. The third-order valence-corrected chi connectivity index (χ3v) is 1.56. The third-order valence-electron chi connectivity index (χ3n) is 1.56. The topological polar surface area (TPSA) is 39.8 Å². The number of aryl methyl sites for hydroxylation is 1. The van der Waals surface area contributed by atoms with E-state index in [9.17, 15) is 4.79 Å². The van der Waals surface area contributed by atoms with E-state index in [1.165, 1.54) is 21.1 Å². The van der Waals surface area contributed by atoms with Crippen LogP contribution in [0.3, 0.4) is 0 Å². The molecule has 0 aromatic carbocycles. The Morgan fingerprint density at radius 2 is 2.33 bits per heavy atom. The van der Waals surface area contributed by atoms with E-state index < -0.39 is 0 Å². The summed E-state index contributed by atoms with van der Waals surface area (Å²) in [4.78, 5) is 11.2. The number of allylic oxidation sites excluding steroid dienone is 2. The molecule has 0 radical (unpaired) electrons. The minimum absolute atomic E-state index is 0.0764. The predicted molar refractivity (Wildman–Crippen MR) is 46.9 cm³/mol. The molecule has 0 atom stereocenters. The van der Waals surface area contributed by atoms with Gasteiger partial charge in [0.2, 0.25) is 0 Å². The van der Waals surface area contributed by atoms with Gasteiger partial charge in [-0.15, -0.1) is 0 Å². The van der Waals surface area contributed by atoms with Gasteiger partial charge in [-0.05, 0) is 13.8 Å². The lowest BCUT2D eigenvalue weighted by Crippen LogP contribution is -2.22. The summed E-state index contributed by atoms with van der Waals surface area (Å²) in [5, 5.41) is 3.91. The fourth-order valence-corrected chi connectivity index (χ4v) is 0.815. The first-order chi connectivity index (χ1) is 5.61. The van der Waals surface area contributed by atoms with Gasteiger partial charge in [-0.25, -0.2) is 9.48 Å². The first-order valence-electron chi connectivity index (χ1n) is 3.83. The van der Waals surface area contributed by atoms with Crippen LogP contribution in [0.25, 0.3) is 0 Å². The summed E-state index contributed by atoms with van der Waals surface area (Å²) in [6, 6.07) is 0. The highest BCUT2D eigenvalue weighted by molar-refractivity contribution is 4.92. The average Bonchev–Trinajstić information content (AvgIpc) is 2.30. The molecule has 0 fully saturated rings. The number of hydrogen-bond acceptors (Lipinski definition) is 2. The van der Waals surface area contributed by atoms with Crippen molar-refractivity contribution in [2.24, 2.45) is 7.05 Å². The van der Waals surface area contributed by atoms with Gasteiger partial charge in [-0.1, -0.05) is 11.6 Å². The normalized spacial score (nSPS) is 9.92. The number of rotatable bonds is 2. The smallest absolute Gasteiger partial charge is 0.285 e. The van der Waals surface area contributed by atoms with E-state index >= 15 is 0 Å². The molecule has 12 heavy (non-hydrogen) atoms. The van der Waals surface area contributed by atoms with Crippen LogP contribution in [0.2, 0.25) is 0 Å². The minimum Gasteiger partial charge on any atom is -0.285 e. The first-order valence-corrected chi connectivity index (χ1v) is 3.83. The minimum atomic E-state index is -0.0764. The second-order valence-corrected chi connectivity index (χ2v) is 2.99. The van der Waals surface area contributed by atoms with Gasteiger partial charge in [-0.2, -0.15) is 5.10 Å². The fourth-order valence-electron chi connectivity index (χ4n) is 0.815. The Morgan fingerprint density at radius 1 is 1.67 bits per heavy atom. The molecule has 1 rings (SSSR count). The lowest BCUT2D eigenvalue weighted by molar-refractivity contribution is 0.656.